The van der Waals surface area contributed by atoms with E-state index in [-0.39, 0.29) is 0 Å². The maximum Gasteiger partial charge on any atom is 0.0776 e. The molecule has 1 fully saturated rings. The Morgan fingerprint density at radius 3 is 2.68 bits per heavy atom. The Balaban J connectivity index is 1.64. The molecular formula is C15H20N4. The van der Waals surface area contributed by atoms with Crippen molar-refractivity contribution < 1.29 is 0 Å². The van der Waals surface area contributed by atoms with Gasteiger partial charge in [0.05, 0.1) is 23.1 Å². The second-order valence-corrected chi connectivity index (χ2v) is 5.73. The molecule has 0 radical (unpaired) electrons. The second kappa shape index (κ2) is 5.19. The van der Waals surface area contributed by atoms with Crippen LogP contribution in [0.25, 0.3) is 0 Å². The number of allylic oxidation sites excluding steroid dienone is 1. The molecule has 100 valence electrons. The number of nitrogens with zero attached hydrogens (tertiary/aromatic N) is 4. The monoisotopic (exact) mass is 256 g/mol. The molecule has 0 spiro atoms. The van der Waals surface area contributed by atoms with Crippen LogP contribution in [0, 0.1) is 12.8 Å². The van der Waals surface area contributed by atoms with Gasteiger partial charge in [-0.15, -0.1) is 0 Å². The van der Waals surface area contributed by atoms with Gasteiger partial charge in [0.2, 0.25) is 0 Å². The average molecular weight is 256 g/mol. The van der Waals surface area contributed by atoms with Crippen molar-refractivity contribution in [3.05, 3.63) is 35.3 Å². The fourth-order valence-electron chi connectivity index (χ4n) is 3.09. The van der Waals surface area contributed by atoms with Crippen molar-refractivity contribution >= 4 is 0 Å². The molecule has 3 rings (SSSR count). The highest BCUT2D eigenvalue weighted by atomic mass is 15.1. The van der Waals surface area contributed by atoms with E-state index >= 15 is 0 Å². The van der Waals surface area contributed by atoms with Gasteiger partial charge in [-0.25, -0.2) is 0 Å². The molecule has 1 aromatic heterocycles. The van der Waals surface area contributed by atoms with Gasteiger partial charge < -0.3 is 0 Å². The zero-order valence-corrected chi connectivity index (χ0v) is 11.6. The van der Waals surface area contributed by atoms with Crippen molar-refractivity contribution in [2.75, 3.05) is 0 Å². The largest absolute Gasteiger partial charge is 0.185 e. The predicted molar refractivity (Wildman–Crippen MR) is 73.9 cm³/mol. The van der Waals surface area contributed by atoms with E-state index in [4.69, 9.17) is 0 Å². The zero-order chi connectivity index (χ0) is 13.2. The summed E-state index contributed by atoms with van der Waals surface area (Å²) in [6.45, 7) is 3.99. The van der Waals surface area contributed by atoms with Gasteiger partial charge in [0.15, 0.2) is 0 Å². The molecule has 1 aromatic rings. The Bertz CT molecular complexity index is 503. The molecule has 4 nitrogen and oxygen atoms in total. The fraction of sp³-hybridized carbons (Fsp3) is 0.600. The molecular weight excluding hydrogens is 236 g/mol. The molecule has 3 atom stereocenters. The molecule has 1 unspecified atom stereocenters. The van der Waals surface area contributed by atoms with Gasteiger partial charge in [-0.3, -0.25) is 0 Å². The van der Waals surface area contributed by atoms with Gasteiger partial charge in [0, 0.05) is 5.92 Å². The zero-order valence-electron chi connectivity index (χ0n) is 11.6. The van der Waals surface area contributed by atoms with E-state index in [0.717, 1.165) is 23.5 Å². The van der Waals surface area contributed by atoms with Crippen LogP contribution in [0.5, 0.6) is 0 Å². The highest BCUT2D eigenvalue weighted by Gasteiger charge is 2.32. The minimum absolute atomic E-state index is 0.382. The fourth-order valence-corrected chi connectivity index (χ4v) is 3.09. The number of rotatable bonds is 2. The lowest BCUT2D eigenvalue weighted by molar-refractivity contribution is 0.409. The van der Waals surface area contributed by atoms with Gasteiger partial charge in [-0.05, 0) is 57.6 Å². The molecule has 2 heterocycles. The van der Waals surface area contributed by atoms with E-state index in [9.17, 15) is 0 Å². The van der Waals surface area contributed by atoms with E-state index in [0.29, 0.717) is 17.9 Å². The van der Waals surface area contributed by atoms with Crippen molar-refractivity contribution in [1.82, 2.24) is 10.2 Å². The quantitative estimate of drug-likeness (QED) is 0.808. The van der Waals surface area contributed by atoms with E-state index < -0.39 is 0 Å². The first-order chi connectivity index (χ1) is 9.22. The van der Waals surface area contributed by atoms with Gasteiger partial charge >= 0.3 is 0 Å². The van der Waals surface area contributed by atoms with E-state index in [1.54, 1.807) is 0 Å². The summed E-state index contributed by atoms with van der Waals surface area (Å²) in [6.07, 6.45) is 6.87. The summed E-state index contributed by atoms with van der Waals surface area (Å²) in [5.41, 5.74) is 3.18. The molecule has 4 heteroatoms. The molecule has 0 aromatic carbocycles. The summed E-state index contributed by atoms with van der Waals surface area (Å²) < 4.78 is 0. The van der Waals surface area contributed by atoms with Gasteiger partial charge in [-0.2, -0.15) is 20.4 Å². The minimum atomic E-state index is 0.382. The highest BCUT2D eigenvalue weighted by molar-refractivity contribution is 5.13. The smallest absolute Gasteiger partial charge is 0.0776 e. The number of azo groups is 1. The SMILES string of the molecule is CC1=CCC([C@H]2CC[C@H](c3ccc(C)nn3)C2)N=N1. The Hall–Kier alpha value is -1.58. The number of hydrogen-bond donors (Lipinski definition) is 0. The van der Waals surface area contributed by atoms with E-state index in [2.05, 4.69) is 38.6 Å². The lowest BCUT2D eigenvalue weighted by Crippen LogP contribution is -2.16. The van der Waals surface area contributed by atoms with Crippen LogP contribution in [0.15, 0.2) is 34.1 Å². The molecule has 0 N–H and O–H groups in total. The Morgan fingerprint density at radius 1 is 1.11 bits per heavy atom. The second-order valence-electron chi connectivity index (χ2n) is 5.73. The Morgan fingerprint density at radius 2 is 2.00 bits per heavy atom. The van der Waals surface area contributed by atoms with Crippen LogP contribution in [0.1, 0.15) is 49.9 Å². The van der Waals surface area contributed by atoms with Crippen molar-refractivity contribution in [3.8, 4) is 0 Å². The standard InChI is InChI=1S/C15H20N4/c1-10-3-7-14(18-16-10)12-5-6-13(9-12)15-8-4-11(2)17-19-15/h3-4,7,12-13,15H,5-6,8-9H2,1-2H3/t12-,13-,15?/m0/s1. The first kappa shape index (κ1) is 12.5. The summed E-state index contributed by atoms with van der Waals surface area (Å²) in [6, 6.07) is 4.57. The third kappa shape index (κ3) is 2.72. The minimum Gasteiger partial charge on any atom is -0.185 e. The molecule has 0 saturated heterocycles. The van der Waals surface area contributed by atoms with Crippen molar-refractivity contribution in [3.63, 3.8) is 0 Å². The molecule has 2 aliphatic rings. The van der Waals surface area contributed by atoms with Crippen molar-refractivity contribution in [2.24, 2.45) is 16.1 Å². The summed E-state index contributed by atoms with van der Waals surface area (Å²) in [5.74, 6) is 1.21. The number of hydrogen-bond acceptors (Lipinski definition) is 4. The number of aromatic nitrogens is 2. The maximum atomic E-state index is 4.46. The Labute approximate surface area is 114 Å². The average Bonchev–Trinajstić information content (AvgIpc) is 2.90. The molecule has 0 amide bonds. The van der Waals surface area contributed by atoms with Gasteiger partial charge in [-0.1, -0.05) is 6.08 Å². The van der Waals surface area contributed by atoms with Crippen LogP contribution in [-0.2, 0) is 0 Å². The van der Waals surface area contributed by atoms with Crippen molar-refractivity contribution in [2.45, 2.75) is 51.5 Å². The first-order valence-electron chi connectivity index (χ1n) is 7.10. The first-order valence-corrected chi connectivity index (χ1v) is 7.10. The van der Waals surface area contributed by atoms with Crippen LogP contribution in [-0.4, -0.2) is 16.2 Å². The molecule has 1 aliphatic carbocycles. The van der Waals surface area contributed by atoms with Crippen LogP contribution >= 0.6 is 0 Å². The summed E-state index contributed by atoms with van der Waals surface area (Å²) in [5, 5.41) is 17.2. The van der Waals surface area contributed by atoms with Gasteiger partial charge in [0.25, 0.3) is 0 Å². The van der Waals surface area contributed by atoms with Crippen LogP contribution in [0.3, 0.4) is 0 Å². The Kier molecular flexibility index (Phi) is 3.40. The number of aryl methyl sites for hydroxylation is 1. The van der Waals surface area contributed by atoms with Crippen LogP contribution < -0.4 is 0 Å². The molecule has 19 heavy (non-hydrogen) atoms. The molecule has 1 aliphatic heterocycles. The van der Waals surface area contributed by atoms with Crippen LogP contribution in [0.4, 0.5) is 0 Å². The molecule has 0 bridgehead atoms. The predicted octanol–water partition coefficient (Wildman–Crippen LogP) is 3.80. The van der Waals surface area contributed by atoms with E-state index in [1.165, 1.54) is 19.3 Å². The van der Waals surface area contributed by atoms with Crippen LogP contribution in [0.2, 0.25) is 0 Å². The highest BCUT2D eigenvalue weighted by Crippen LogP contribution is 2.41. The summed E-state index contributed by atoms with van der Waals surface area (Å²) in [4.78, 5) is 0. The lowest BCUT2D eigenvalue weighted by Gasteiger charge is -2.19. The molecule has 1 saturated carbocycles. The lowest BCUT2D eigenvalue weighted by atomic mass is 9.93. The van der Waals surface area contributed by atoms with Crippen molar-refractivity contribution in [1.29, 1.82) is 0 Å². The van der Waals surface area contributed by atoms with Gasteiger partial charge in [0.1, 0.15) is 0 Å². The normalized spacial score (nSPS) is 30.4. The topological polar surface area (TPSA) is 50.5 Å². The third-order valence-electron chi connectivity index (χ3n) is 4.27. The third-order valence-corrected chi connectivity index (χ3v) is 4.27. The van der Waals surface area contributed by atoms with E-state index in [1.807, 2.05) is 13.8 Å². The summed E-state index contributed by atoms with van der Waals surface area (Å²) in [7, 11) is 0. The summed E-state index contributed by atoms with van der Waals surface area (Å²) >= 11 is 0. The maximum absolute atomic E-state index is 4.46.